The maximum absolute atomic E-state index is 11.8. The summed E-state index contributed by atoms with van der Waals surface area (Å²) < 4.78 is 19.1. The molecule has 0 bridgehead atoms. The lowest BCUT2D eigenvalue weighted by Gasteiger charge is -2.16. The van der Waals surface area contributed by atoms with E-state index >= 15 is 0 Å². The summed E-state index contributed by atoms with van der Waals surface area (Å²) in [6.07, 6.45) is -0.822. The Kier molecular flexibility index (Phi) is 6.61. The van der Waals surface area contributed by atoms with Crippen LogP contribution in [0.25, 0.3) is 0 Å². The van der Waals surface area contributed by atoms with Crippen LogP contribution in [0.1, 0.15) is 23.3 Å². The summed E-state index contributed by atoms with van der Waals surface area (Å²) in [6, 6.07) is 3.90. The molecule has 126 valence electrons. The lowest BCUT2D eigenvalue weighted by atomic mass is 9.95. The molecule has 9 nitrogen and oxygen atoms in total. The fourth-order valence-electron chi connectivity index (χ4n) is 2.06. The van der Waals surface area contributed by atoms with Crippen molar-refractivity contribution in [3.8, 4) is 0 Å². The van der Waals surface area contributed by atoms with Gasteiger partial charge in [0.2, 0.25) is 0 Å². The number of nitro benzene ring substituents is 1. The molecule has 0 radical (unpaired) electrons. The van der Waals surface area contributed by atoms with Crippen LogP contribution < -0.4 is 0 Å². The van der Waals surface area contributed by atoms with Gasteiger partial charge in [0.15, 0.2) is 12.2 Å². The second kappa shape index (κ2) is 8.20. The van der Waals surface area contributed by atoms with E-state index in [9.17, 15) is 19.7 Å². The summed E-state index contributed by atoms with van der Waals surface area (Å²) in [5, 5.41) is 11.3. The number of esters is 2. The van der Waals surface area contributed by atoms with Gasteiger partial charge in [-0.15, -0.1) is 0 Å². The molecule has 0 aliphatic rings. The summed E-state index contributed by atoms with van der Waals surface area (Å²) in [6.45, 7) is 0. The number of hydrogen-bond donors (Lipinski definition) is 0. The molecule has 0 atom stereocenters. The lowest BCUT2D eigenvalue weighted by Crippen LogP contribution is -2.25. The summed E-state index contributed by atoms with van der Waals surface area (Å²) in [5.41, 5.74) is -0.218. The predicted octanol–water partition coefficient (Wildman–Crippen LogP) is 1.32. The second-order valence-corrected chi connectivity index (χ2v) is 4.36. The van der Waals surface area contributed by atoms with Crippen molar-refractivity contribution in [2.75, 3.05) is 28.4 Å². The third kappa shape index (κ3) is 4.02. The Balaban J connectivity index is 3.47. The van der Waals surface area contributed by atoms with Gasteiger partial charge in [-0.25, -0.2) is 0 Å². The summed E-state index contributed by atoms with van der Waals surface area (Å²) >= 11 is 0. The molecule has 0 aliphatic heterocycles. The molecule has 23 heavy (non-hydrogen) atoms. The quantitative estimate of drug-likeness (QED) is 0.242. The predicted molar refractivity (Wildman–Crippen MR) is 76.6 cm³/mol. The molecule has 0 fully saturated rings. The highest BCUT2D eigenvalue weighted by Gasteiger charge is 2.36. The number of nitrogens with zero attached hydrogens (tertiary/aromatic N) is 1. The van der Waals surface area contributed by atoms with E-state index in [1.165, 1.54) is 32.4 Å². The molecule has 0 saturated heterocycles. The highest BCUT2D eigenvalue weighted by Crippen LogP contribution is 2.32. The maximum atomic E-state index is 11.8. The molecule has 0 unspecified atom stereocenters. The van der Waals surface area contributed by atoms with Gasteiger partial charge in [-0.2, -0.15) is 0 Å². The number of hydrogen-bond acceptors (Lipinski definition) is 8. The van der Waals surface area contributed by atoms with Crippen LogP contribution in [0.4, 0.5) is 5.69 Å². The van der Waals surface area contributed by atoms with Crippen LogP contribution in [0.5, 0.6) is 0 Å². The van der Waals surface area contributed by atoms with Crippen LogP contribution in [0.2, 0.25) is 0 Å². The number of methoxy groups -OCH3 is 4. The standard InChI is InChI=1S/C14H17NO8/c1-20-12(16)11(13(17)21-2)9-6-5-8(14(22-3)23-4)7-10(9)15(18)19/h5-7,11,14H,1-4H3. The Labute approximate surface area is 132 Å². The third-order valence-electron chi connectivity index (χ3n) is 3.14. The minimum Gasteiger partial charge on any atom is -0.468 e. The van der Waals surface area contributed by atoms with Gasteiger partial charge in [-0.1, -0.05) is 12.1 Å². The SMILES string of the molecule is COC(=O)C(C(=O)OC)c1ccc(C(OC)OC)cc1[N+](=O)[O-]. The molecular weight excluding hydrogens is 310 g/mol. The first-order valence-corrected chi connectivity index (χ1v) is 6.40. The fourth-order valence-corrected chi connectivity index (χ4v) is 2.06. The third-order valence-corrected chi connectivity index (χ3v) is 3.14. The summed E-state index contributed by atoms with van der Waals surface area (Å²) in [7, 11) is 4.90. The minimum absolute atomic E-state index is 0.136. The molecule has 1 rings (SSSR count). The highest BCUT2D eigenvalue weighted by molar-refractivity contribution is 6.01. The number of carbonyl (C=O) groups is 2. The van der Waals surface area contributed by atoms with Gasteiger partial charge in [-0.3, -0.25) is 19.7 Å². The minimum atomic E-state index is -1.55. The Morgan fingerprint density at radius 1 is 1.04 bits per heavy atom. The van der Waals surface area contributed by atoms with Crippen molar-refractivity contribution < 1.29 is 33.5 Å². The first-order chi connectivity index (χ1) is 10.9. The smallest absolute Gasteiger partial charge is 0.324 e. The van der Waals surface area contributed by atoms with Crippen LogP contribution in [-0.2, 0) is 28.5 Å². The number of ether oxygens (including phenoxy) is 4. The molecule has 0 aromatic heterocycles. The zero-order chi connectivity index (χ0) is 17.6. The first kappa shape index (κ1) is 18.5. The van der Waals surface area contributed by atoms with E-state index in [1.54, 1.807) is 0 Å². The van der Waals surface area contributed by atoms with Crippen molar-refractivity contribution in [1.29, 1.82) is 0 Å². The Hall–Kier alpha value is -2.52. The molecule has 9 heteroatoms. The molecule has 0 amide bonds. The van der Waals surface area contributed by atoms with Crippen molar-refractivity contribution in [3.05, 3.63) is 39.4 Å². The second-order valence-electron chi connectivity index (χ2n) is 4.36. The van der Waals surface area contributed by atoms with Gasteiger partial charge in [0.1, 0.15) is 0 Å². The first-order valence-electron chi connectivity index (χ1n) is 6.40. The highest BCUT2D eigenvalue weighted by atomic mass is 16.7. The number of nitro groups is 1. The average Bonchev–Trinajstić information content (AvgIpc) is 2.56. The molecule has 0 N–H and O–H groups in total. The topological polar surface area (TPSA) is 114 Å². The summed E-state index contributed by atoms with van der Waals surface area (Å²) in [5.74, 6) is -3.46. The average molecular weight is 327 g/mol. The van der Waals surface area contributed by atoms with E-state index in [2.05, 4.69) is 9.47 Å². The number of carbonyl (C=O) groups excluding carboxylic acids is 2. The molecule has 0 saturated carbocycles. The van der Waals surface area contributed by atoms with Crippen molar-refractivity contribution in [2.24, 2.45) is 0 Å². The molecule has 1 aromatic carbocycles. The van der Waals surface area contributed by atoms with Crippen LogP contribution in [0.3, 0.4) is 0 Å². The van der Waals surface area contributed by atoms with Gasteiger partial charge in [-0.05, 0) is 0 Å². The lowest BCUT2D eigenvalue weighted by molar-refractivity contribution is -0.385. The van der Waals surface area contributed by atoms with E-state index < -0.39 is 34.8 Å². The van der Waals surface area contributed by atoms with Gasteiger partial charge in [0.25, 0.3) is 5.69 Å². The van der Waals surface area contributed by atoms with E-state index in [-0.39, 0.29) is 5.56 Å². The van der Waals surface area contributed by atoms with E-state index in [0.717, 1.165) is 14.2 Å². The van der Waals surface area contributed by atoms with Gasteiger partial charge < -0.3 is 18.9 Å². The van der Waals surface area contributed by atoms with E-state index in [4.69, 9.17) is 9.47 Å². The van der Waals surface area contributed by atoms with E-state index in [0.29, 0.717) is 5.56 Å². The largest absolute Gasteiger partial charge is 0.468 e. The molecule has 0 spiro atoms. The van der Waals surface area contributed by atoms with Gasteiger partial charge in [0.05, 0.1) is 24.7 Å². The zero-order valence-corrected chi connectivity index (χ0v) is 13.1. The number of benzene rings is 1. The number of rotatable bonds is 7. The molecule has 0 aliphatic carbocycles. The van der Waals surface area contributed by atoms with Crippen molar-refractivity contribution >= 4 is 17.6 Å². The van der Waals surface area contributed by atoms with Gasteiger partial charge >= 0.3 is 11.9 Å². The van der Waals surface area contributed by atoms with Crippen LogP contribution in [0.15, 0.2) is 18.2 Å². The van der Waals surface area contributed by atoms with Crippen LogP contribution >= 0.6 is 0 Å². The Morgan fingerprint density at radius 2 is 1.57 bits per heavy atom. The fraction of sp³-hybridized carbons (Fsp3) is 0.429. The Bertz CT molecular complexity index is 580. The van der Waals surface area contributed by atoms with Crippen LogP contribution in [-0.4, -0.2) is 45.3 Å². The molecule has 1 aromatic rings. The molecular formula is C14H17NO8. The van der Waals surface area contributed by atoms with Crippen molar-refractivity contribution in [1.82, 2.24) is 0 Å². The Morgan fingerprint density at radius 3 is 1.96 bits per heavy atom. The zero-order valence-electron chi connectivity index (χ0n) is 13.1. The van der Waals surface area contributed by atoms with Gasteiger partial charge in [0, 0.05) is 25.8 Å². The van der Waals surface area contributed by atoms with Crippen molar-refractivity contribution in [3.63, 3.8) is 0 Å². The summed E-state index contributed by atoms with van der Waals surface area (Å²) in [4.78, 5) is 34.3. The normalized spacial score (nSPS) is 10.7. The molecule has 0 heterocycles. The van der Waals surface area contributed by atoms with Crippen molar-refractivity contribution in [2.45, 2.75) is 12.2 Å². The van der Waals surface area contributed by atoms with Crippen LogP contribution in [0, 0.1) is 10.1 Å². The maximum Gasteiger partial charge on any atom is 0.324 e. The monoisotopic (exact) mass is 327 g/mol. The van der Waals surface area contributed by atoms with E-state index in [1.807, 2.05) is 0 Å².